The molecular formula is C15H17F2N3. The maximum atomic E-state index is 14.0. The van der Waals surface area contributed by atoms with Gasteiger partial charge in [0.2, 0.25) is 0 Å². The van der Waals surface area contributed by atoms with Crippen molar-refractivity contribution in [2.45, 2.75) is 26.3 Å². The van der Waals surface area contributed by atoms with E-state index >= 15 is 0 Å². The first-order valence-corrected chi connectivity index (χ1v) is 6.59. The van der Waals surface area contributed by atoms with Gasteiger partial charge in [-0.2, -0.15) is 0 Å². The maximum absolute atomic E-state index is 14.0. The summed E-state index contributed by atoms with van der Waals surface area (Å²) < 4.78 is 27.9. The first kappa shape index (κ1) is 14.5. The van der Waals surface area contributed by atoms with Crippen LogP contribution < -0.4 is 5.32 Å². The average molecular weight is 277 g/mol. The molecule has 0 saturated carbocycles. The number of rotatable bonds is 5. The highest BCUT2D eigenvalue weighted by Gasteiger charge is 2.22. The van der Waals surface area contributed by atoms with Crippen LogP contribution in [0.1, 0.15) is 36.3 Å². The van der Waals surface area contributed by atoms with E-state index in [1.807, 2.05) is 13.8 Å². The molecule has 0 aliphatic carbocycles. The van der Waals surface area contributed by atoms with E-state index in [2.05, 4.69) is 15.3 Å². The fourth-order valence-electron chi connectivity index (χ4n) is 1.98. The van der Waals surface area contributed by atoms with Gasteiger partial charge >= 0.3 is 0 Å². The van der Waals surface area contributed by atoms with E-state index in [0.717, 1.165) is 12.1 Å². The van der Waals surface area contributed by atoms with Gasteiger partial charge in [0.15, 0.2) is 0 Å². The second-order valence-electron chi connectivity index (χ2n) is 4.61. The number of aromatic nitrogens is 2. The molecule has 5 heteroatoms. The van der Waals surface area contributed by atoms with Crippen LogP contribution in [0, 0.1) is 18.6 Å². The number of aryl methyl sites for hydroxylation is 1. The quantitative estimate of drug-likeness (QED) is 0.912. The molecule has 0 fully saturated rings. The number of halogens is 2. The SMILES string of the molecule is CCCNC(c1cnc(C)cn1)c1c(F)cccc1F. The van der Waals surface area contributed by atoms with Crippen molar-refractivity contribution in [3.63, 3.8) is 0 Å². The second kappa shape index (κ2) is 6.52. The Morgan fingerprint density at radius 1 is 1.15 bits per heavy atom. The van der Waals surface area contributed by atoms with Crippen molar-refractivity contribution in [2.24, 2.45) is 0 Å². The highest BCUT2D eigenvalue weighted by atomic mass is 19.1. The molecule has 0 bridgehead atoms. The monoisotopic (exact) mass is 277 g/mol. The number of hydrogen-bond donors (Lipinski definition) is 1. The van der Waals surface area contributed by atoms with Gasteiger partial charge in [-0.3, -0.25) is 9.97 Å². The van der Waals surface area contributed by atoms with E-state index in [-0.39, 0.29) is 5.56 Å². The van der Waals surface area contributed by atoms with Gasteiger partial charge in [-0.25, -0.2) is 8.78 Å². The molecule has 2 aromatic rings. The third-order valence-corrected chi connectivity index (χ3v) is 2.98. The van der Waals surface area contributed by atoms with Crippen LogP contribution in [0.2, 0.25) is 0 Å². The lowest BCUT2D eigenvalue weighted by atomic mass is 10.0. The molecule has 106 valence electrons. The van der Waals surface area contributed by atoms with Crippen molar-refractivity contribution in [1.82, 2.24) is 15.3 Å². The lowest BCUT2D eigenvalue weighted by Gasteiger charge is -2.19. The van der Waals surface area contributed by atoms with E-state index in [0.29, 0.717) is 12.2 Å². The highest BCUT2D eigenvalue weighted by molar-refractivity contribution is 5.29. The van der Waals surface area contributed by atoms with Gasteiger partial charge in [0.05, 0.1) is 23.6 Å². The van der Waals surface area contributed by atoms with Gasteiger partial charge in [-0.15, -0.1) is 0 Å². The number of benzene rings is 1. The Morgan fingerprint density at radius 2 is 1.85 bits per heavy atom. The predicted octanol–water partition coefficient (Wildman–Crippen LogP) is 3.15. The summed E-state index contributed by atoms with van der Waals surface area (Å²) in [5.74, 6) is -1.16. The zero-order valence-electron chi connectivity index (χ0n) is 11.5. The van der Waals surface area contributed by atoms with Crippen molar-refractivity contribution < 1.29 is 8.78 Å². The summed E-state index contributed by atoms with van der Waals surface area (Å²) in [6, 6.07) is 3.22. The molecule has 3 nitrogen and oxygen atoms in total. The highest BCUT2D eigenvalue weighted by Crippen LogP contribution is 2.25. The summed E-state index contributed by atoms with van der Waals surface area (Å²) in [6.45, 7) is 4.44. The van der Waals surface area contributed by atoms with Crippen molar-refractivity contribution >= 4 is 0 Å². The van der Waals surface area contributed by atoms with Crippen LogP contribution in [0.4, 0.5) is 8.78 Å². The largest absolute Gasteiger partial charge is 0.305 e. The summed E-state index contributed by atoms with van der Waals surface area (Å²) in [5, 5.41) is 3.12. The standard InChI is InChI=1S/C15H17F2N3/c1-3-7-18-15(13-9-19-10(2)8-20-13)14-11(16)5-4-6-12(14)17/h4-6,8-9,15,18H,3,7H2,1-2H3. The van der Waals surface area contributed by atoms with E-state index in [1.165, 1.54) is 18.2 Å². The van der Waals surface area contributed by atoms with Crippen LogP contribution in [-0.2, 0) is 0 Å². The summed E-state index contributed by atoms with van der Waals surface area (Å²) in [4.78, 5) is 8.38. The summed E-state index contributed by atoms with van der Waals surface area (Å²) in [6.07, 6.45) is 4.00. The Balaban J connectivity index is 2.44. The Kier molecular flexibility index (Phi) is 4.74. The molecule has 1 heterocycles. The molecule has 1 atom stereocenters. The number of hydrogen-bond acceptors (Lipinski definition) is 3. The molecule has 1 unspecified atom stereocenters. The maximum Gasteiger partial charge on any atom is 0.131 e. The molecule has 0 amide bonds. The van der Waals surface area contributed by atoms with Gasteiger partial charge in [-0.05, 0) is 32.0 Å². The fourth-order valence-corrected chi connectivity index (χ4v) is 1.98. The minimum Gasteiger partial charge on any atom is -0.305 e. The molecule has 1 aromatic heterocycles. The Labute approximate surface area is 117 Å². The van der Waals surface area contributed by atoms with Crippen LogP contribution in [0.5, 0.6) is 0 Å². The molecule has 0 aliphatic heterocycles. The van der Waals surface area contributed by atoms with Crippen LogP contribution in [0.3, 0.4) is 0 Å². The van der Waals surface area contributed by atoms with E-state index < -0.39 is 17.7 Å². The molecule has 0 spiro atoms. The van der Waals surface area contributed by atoms with Crippen molar-refractivity contribution in [3.8, 4) is 0 Å². The Morgan fingerprint density at radius 3 is 2.40 bits per heavy atom. The van der Waals surface area contributed by atoms with Crippen LogP contribution in [0.25, 0.3) is 0 Å². The Hall–Kier alpha value is -1.88. The van der Waals surface area contributed by atoms with Gasteiger partial charge in [-0.1, -0.05) is 13.0 Å². The molecule has 1 N–H and O–H groups in total. The molecule has 20 heavy (non-hydrogen) atoms. The average Bonchev–Trinajstić information content (AvgIpc) is 2.43. The normalized spacial score (nSPS) is 12.4. The van der Waals surface area contributed by atoms with Gasteiger partial charge < -0.3 is 5.32 Å². The number of nitrogens with one attached hydrogen (secondary N) is 1. The summed E-state index contributed by atoms with van der Waals surface area (Å²) in [7, 11) is 0. The van der Waals surface area contributed by atoms with Crippen LogP contribution in [-0.4, -0.2) is 16.5 Å². The van der Waals surface area contributed by atoms with Crippen LogP contribution in [0.15, 0.2) is 30.6 Å². The lowest BCUT2D eigenvalue weighted by molar-refractivity contribution is 0.496. The summed E-state index contributed by atoms with van der Waals surface area (Å²) in [5.41, 5.74) is 1.25. The molecule has 0 saturated heterocycles. The predicted molar refractivity (Wildman–Crippen MR) is 73.3 cm³/mol. The van der Waals surface area contributed by atoms with E-state index in [1.54, 1.807) is 12.4 Å². The fraction of sp³-hybridized carbons (Fsp3) is 0.333. The lowest BCUT2D eigenvalue weighted by Crippen LogP contribution is -2.26. The minimum absolute atomic E-state index is 0.0147. The first-order chi connectivity index (χ1) is 9.63. The third-order valence-electron chi connectivity index (χ3n) is 2.98. The van der Waals surface area contributed by atoms with E-state index in [4.69, 9.17) is 0 Å². The zero-order chi connectivity index (χ0) is 14.5. The third kappa shape index (κ3) is 3.17. The second-order valence-corrected chi connectivity index (χ2v) is 4.61. The Bertz CT molecular complexity index is 550. The topological polar surface area (TPSA) is 37.8 Å². The van der Waals surface area contributed by atoms with Crippen molar-refractivity contribution in [3.05, 3.63) is 59.2 Å². The minimum atomic E-state index is -0.635. The van der Waals surface area contributed by atoms with Crippen molar-refractivity contribution in [1.29, 1.82) is 0 Å². The first-order valence-electron chi connectivity index (χ1n) is 6.59. The number of nitrogens with zero attached hydrogens (tertiary/aromatic N) is 2. The molecule has 2 rings (SSSR count). The zero-order valence-corrected chi connectivity index (χ0v) is 11.5. The van der Waals surface area contributed by atoms with Crippen LogP contribution >= 0.6 is 0 Å². The summed E-state index contributed by atoms with van der Waals surface area (Å²) >= 11 is 0. The van der Waals surface area contributed by atoms with Gasteiger partial charge in [0.1, 0.15) is 11.6 Å². The van der Waals surface area contributed by atoms with E-state index in [9.17, 15) is 8.78 Å². The van der Waals surface area contributed by atoms with Gasteiger partial charge in [0, 0.05) is 11.8 Å². The molecule has 0 radical (unpaired) electrons. The molecule has 1 aromatic carbocycles. The molecule has 0 aliphatic rings. The van der Waals surface area contributed by atoms with Gasteiger partial charge in [0.25, 0.3) is 0 Å². The van der Waals surface area contributed by atoms with Crippen molar-refractivity contribution in [2.75, 3.05) is 6.54 Å². The smallest absolute Gasteiger partial charge is 0.131 e. The molecular weight excluding hydrogens is 260 g/mol.